The van der Waals surface area contributed by atoms with E-state index in [4.69, 9.17) is 5.11 Å². The number of rotatable bonds is 4. The van der Waals surface area contributed by atoms with Crippen molar-refractivity contribution in [3.8, 4) is 0 Å². The number of hydrogen-bond donors (Lipinski definition) is 1. The first-order valence-electron chi connectivity index (χ1n) is 3.58. The molecule has 0 bridgehead atoms. The lowest BCUT2D eigenvalue weighted by molar-refractivity contribution is -0.132. The van der Waals surface area contributed by atoms with Gasteiger partial charge in [0.2, 0.25) is 0 Å². The first-order chi connectivity index (χ1) is 4.68. The molecule has 0 aliphatic rings. The van der Waals surface area contributed by atoms with Crippen molar-refractivity contribution in [2.24, 2.45) is 0 Å². The summed E-state index contributed by atoms with van der Waals surface area (Å²) in [5.41, 5.74) is 0.452. The normalized spacial score (nSPS) is 10.5. The fraction of sp³-hybridized carbons (Fsp3) is 0.625. The number of hydrogen-bond acceptors (Lipinski definition) is 1. The number of carboxylic acids is 1. The van der Waals surface area contributed by atoms with E-state index in [1.807, 2.05) is 0 Å². The van der Waals surface area contributed by atoms with Crippen molar-refractivity contribution in [1.82, 2.24) is 0 Å². The Kier molecular flexibility index (Phi) is 9.07. The Morgan fingerprint density at radius 3 is 2.45 bits per heavy atom. The summed E-state index contributed by atoms with van der Waals surface area (Å²) in [4.78, 5) is 10.2. The van der Waals surface area contributed by atoms with Gasteiger partial charge in [0.1, 0.15) is 0 Å². The topological polar surface area (TPSA) is 37.3 Å². The molecule has 0 unspecified atom stereocenters. The van der Waals surface area contributed by atoms with Crippen LogP contribution in [0, 0.1) is 0 Å². The van der Waals surface area contributed by atoms with E-state index in [2.05, 4.69) is 6.92 Å². The van der Waals surface area contributed by atoms with E-state index in [9.17, 15) is 4.79 Å². The maximum Gasteiger partial charge on any atom is 0.330 e. The highest BCUT2D eigenvalue weighted by Gasteiger charge is 1.96. The summed E-state index contributed by atoms with van der Waals surface area (Å²) in [5.74, 6) is -0.809. The number of carboxylic acid groups (broad SMARTS) is 1. The first-order valence-corrected chi connectivity index (χ1v) is 3.58. The predicted octanol–water partition coefficient (Wildman–Crippen LogP) is 2.63. The maximum atomic E-state index is 10.2. The predicted molar refractivity (Wildman–Crippen MR) is 48.2 cm³/mol. The lowest BCUT2D eigenvalue weighted by atomic mass is 10.2. The Bertz CT molecular complexity index is 141. The molecule has 0 fully saturated rings. The van der Waals surface area contributed by atoms with Crippen LogP contribution in [0.25, 0.3) is 0 Å². The van der Waals surface area contributed by atoms with Crippen molar-refractivity contribution < 1.29 is 9.90 Å². The van der Waals surface area contributed by atoms with Crippen LogP contribution in [0.4, 0.5) is 0 Å². The van der Waals surface area contributed by atoms with Crippen LogP contribution in [0.3, 0.4) is 0 Å². The Labute approximate surface area is 73.7 Å². The van der Waals surface area contributed by atoms with Crippen LogP contribution in [0.2, 0.25) is 0 Å². The van der Waals surface area contributed by atoms with Gasteiger partial charge in [-0.2, -0.15) is 0 Å². The van der Waals surface area contributed by atoms with E-state index >= 15 is 0 Å². The minimum Gasteiger partial charge on any atom is -0.478 e. The standard InChI is InChI=1S/C8H14O2.ClH/c1-3-4-5-6-7(2)8(9)10;/h6H,3-5H2,1-2H3,(H,9,10);1H/b7-6-;. The highest BCUT2D eigenvalue weighted by Crippen LogP contribution is 2.00. The molecular formula is C8H15ClO2. The molecule has 0 atom stereocenters. The van der Waals surface area contributed by atoms with Crippen molar-refractivity contribution >= 4 is 18.4 Å². The summed E-state index contributed by atoms with van der Waals surface area (Å²) in [7, 11) is 0. The molecule has 0 saturated heterocycles. The molecule has 0 aromatic heterocycles. The summed E-state index contributed by atoms with van der Waals surface area (Å²) < 4.78 is 0. The molecule has 0 heterocycles. The average molecular weight is 179 g/mol. The summed E-state index contributed by atoms with van der Waals surface area (Å²) in [6, 6.07) is 0. The molecule has 66 valence electrons. The Hall–Kier alpha value is -0.500. The fourth-order valence-electron chi connectivity index (χ4n) is 0.610. The van der Waals surface area contributed by atoms with Crippen LogP contribution >= 0.6 is 12.4 Å². The van der Waals surface area contributed by atoms with Crippen LogP contribution in [-0.4, -0.2) is 11.1 Å². The van der Waals surface area contributed by atoms with E-state index in [1.54, 1.807) is 13.0 Å². The van der Waals surface area contributed by atoms with Crippen LogP contribution < -0.4 is 0 Å². The lowest BCUT2D eigenvalue weighted by Gasteiger charge is -1.91. The van der Waals surface area contributed by atoms with Gasteiger partial charge in [-0.1, -0.05) is 25.8 Å². The lowest BCUT2D eigenvalue weighted by Crippen LogP contribution is -1.95. The molecule has 0 saturated carbocycles. The van der Waals surface area contributed by atoms with Crippen LogP contribution in [0.5, 0.6) is 0 Å². The molecule has 0 aromatic rings. The first kappa shape index (κ1) is 13.1. The summed E-state index contributed by atoms with van der Waals surface area (Å²) in [6.45, 7) is 3.71. The fourth-order valence-corrected chi connectivity index (χ4v) is 0.610. The number of carbonyl (C=O) groups is 1. The van der Waals surface area contributed by atoms with Gasteiger partial charge in [-0.3, -0.25) is 0 Å². The van der Waals surface area contributed by atoms with E-state index in [1.165, 1.54) is 0 Å². The zero-order valence-corrected chi connectivity index (χ0v) is 7.78. The van der Waals surface area contributed by atoms with Crippen molar-refractivity contribution in [1.29, 1.82) is 0 Å². The average Bonchev–Trinajstić information content (AvgIpc) is 1.88. The van der Waals surface area contributed by atoms with E-state index < -0.39 is 5.97 Å². The molecule has 0 aromatic carbocycles. The molecule has 11 heavy (non-hydrogen) atoms. The Balaban J connectivity index is 0. The quantitative estimate of drug-likeness (QED) is 0.531. The Morgan fingerprint density at radius 1 is 1.55 bits per heavy atom. The second kappa shape index (κ2) is 7.61. The van der Waals surface area contributed by atoms with Crippen molar-refractivity contribution in [2.45, 2.75) is 33.1 Å². The molecule has 0 aliphatic carbocycles. The largest absolute Gasteiger partial charge is 0.478 e. The monoisotopic (exact) mass is 178 g/mol. The third-order valence-electron chi connectivity index (χ3n) is 1.35. The van der Waals surface area contributed by atoms with Gasteiger partial charge < -0.3 is 5.11 Å². The van der Waals surface area contributed by atoms with Gasteiger partial charge in [-0.25, -0.2) is 4.79 Å². The second-order valence-corrected chi connectivity index (χ2v) is 2.33. The smallest absolute Gasteiger partial charge is 0.330 e. The number of unbranched alkanes of at least 4 members (excludes halogenated alkanes) is 2. The van der Waals surface area contributed by atoms with Gasteiger partial charge in [-0.15, -0.1) is 12.4 Å². The van der Waals surface area contributed by atoms with E-state index in [0.29, 0.717) is 5.57 Å². The summed E-state index contributed by atoms with van der Waals surface area (Å²) in [5, 5.41) is 8.41. The van der Waals surface area contributed by atoms with Gasteiger partial charge in [-0.05, 0) is 13.3 Å². The SMILES string of the molecule is CCCC/C=C(/C)C(=O)O.Cl. The van der Waals surface area contributed by atoms with Gasteiger partial charge in [0, 0.05) is 5.57 Å². The molecule has 0 radical (unpaired) electrons. The van der Waals surface area contributed by atoms with Crippen molar-refractivity contribution in [3.05, 3.63) is 11.6 Å². The van der Waals surface area contributed by atoms with Gasteiger partial charge in [0.15, 0.2) is 0 Å². The molecule has 0 aliphatic heterocycles. The molecule has 0 amide bonds. The highest BCUT2D eigenvalue weighted by atomic mass is 35.5. The molecule has 0 rings (SSSR count). The van der Waals surface area contributed by atoms with E-state index in [0.717, 1.165) is 19.3 Å². The highest BCUT2D eigenvalue weighted by molar-refractivity contribution is 5.85. The van der Waals surface area contributed by atoms with Crippen molar-refractivity contribution in [2.75, 3.05) is 0 Å². The van der Waals surface area contributed by atoms with Crippen LogP contribution in [0.15, 0.2) is 11.6 Å². The molecule has 0 spiro atoms. The molecular weight excluding hydrogens is 164 g/mol. The minimum atomic E-state index is -0.809. The molecule has 2 nitrogen and oxygen atoms in total. The third-order valence-corrected chi connectivity index (χ3v) is 1.35. The maximum absolute atomic E-state index is 10.2. The number of aliphatic carboxylic acids is 1. The number of allylic oxidation sites excluding steroid dienone is 1. The third kappa shape index (κ3) is 7.40. The molecule has 1 N–H and O–H groups in total. The van der Waals surface area contributed by atoms with Crippen LogP contribution in [-0.2, 0) is 4.79 Å². The summed E-state index contributed by atoms with van der Waals surface area (Å²) >= 11 is 0. The summed E-state index contributed by atoms with van der Waals surface area (Å²) in [6.07, 6.45) is 4.84. The zero-order chi connectivity index (χ0) is 7.98. The van der Waals surface area contributed by atoms with Crippen molar-refractivity contribution in [3.63, 3.8) is 0 Å². The van der Waals surface area contributed by atoms with E-state index in [-0.39, 0.29) is 12.4 Å². The number of halogens is 1. The van der Waals surface area contributed by atoms with Gasteiger partial charge >= 0.3 is 5.97 Å². The second-order valence-electron chi connectivity index (χ2n) is 2.33. The van der Waals surface area contributed by atoms with Crippen LogP contribution in [0.1, 0.15) is 33.1 Å². The van der Waals surface area contributed by atoms with Gasteiger partial charge in [0.25, 0.3) is 0 Å². The molecule has 3 heteroatoms. The minimum absolute atomic E-state index is 0. The van der Waals surface area contributed by atoms with Gasteiger partial charge in [0.05, 0.1) is 0 Å². The Morgan fingerprint density at radius 2 is 2.09 bits per heavy atom. The zero-order valence-electron chi connectivity index (χ0n) is 6.96.